The molecule has 1 aliphatic rings. The first-order chi connectivity index (χ1) is 8.09. The number of primary amides is 1. The van der Waals surface area contributed by atoms with Crippen molar-refractivity contribution in [1.29, 1.82) is 0 Å². The van der Waals surface area contributed by atoms with Gasteiger partial charge in [0.1, 0.15) is 0 Å². The number of benzene rings is 1. The van der Waals surface area contributed by atoms with E-state index in [2.05, 4.69) is 17.4 Å². The molecule has 17 heavy (non-hydrogen) atoms. The van der Waals surface area contributed by atoms with Crippen molar-refractivity contribution in [2.45, 2.75) is 25.5 Å². The standard InChI is InChI=1S/C13H16N2O2/c1-13(15-9-11(17-13)12(14)16)8-7-10-5-3-2-4-6-10/h2-6,9,15H,7-8H2,1H3,(H2,14,16). The van der Waals surface area contributed by atoms with E-state index in [1.807, 2.05) is 25.1 Å². The van der Waals surface area contributed by atoms with Gasteiger partial charge in [0.15, 0.2) is 5.72 Å². The summed E-state index contributed by atoms with van der Waals surface area (Å²) >= 11 is 0. The van der Waals surface area contributed by atoms with Gasteiger partial charge in [0.2, 0.25) is 5.76 Å². The molecule has 1 amide bonds. The van der Waals surface area contributed by atoms with Crippen LogP contribution in [0.25, 0.3) is 0 Å². The Balaban J connectivity index is 1.91. The van der Waals surface area contributed by atoms with Gasteiger partial charge in [-0.25, -0.2) is 0 Å². The minimum Gasteiger partial charge on any atom is -0.461 e. The van der Waals surface area contributed by atoms with Gasteiger partial charge >= 0.3 is 0 Å². The summed E-state index contributed by atoms with van der Waals surface area (Å²) in [5, 5.41) is 3.05. The molecule has 3 N–H and O–H groups in total. The van der Waals surface area contributed by atoms with Crippen LogP contribution in [0.5, 0.6) is 0 Å². The van der Waals surface area contributed by atoms with Crippen molar-refractivity contribution in [3.63, 3.8) is 0 Å². The fraction of sp³-hybridized carbons (Fsp3) is 0.308. The minimum atomic E-state index is -0.541. The number of rotatable bonds is 4. The average Bonchev–Trinajstić information content (AvgIpc) is 2.72. The number of ether oxygens (including phenoxy) is 1. The van der Waals surface area contributed by atoms with E-state index in [1.54, 1.807) is 0 Å². The van der Waals surface area contributed by atoms with Crippen LogP contribution in [0.4, 0.5) is 0 Å². The lowest BCUT2D eigenvalue weighted by Crippen LogP contribution is -2.38. The van der Waals surface area contributed by atoms with E-state index in [-0.39, 0.29) is 5.76 Å². The number of nitrogens with one attached hydrogen (secondary N) is 1. The monoisotopic (exact) mass is 232 g/mol. The number of hydrogen-bond donors (Lipinski definition) is 2. The average molecular weight is 232 g/mol. The smallest absolute Gasteiger partial charge is 0.285 e. The molecule has 0 saturated carbocycles. The highest BCUT2D eigenvalue weighted by Crippen LogP contribution is 2.23. The van der Waals surface area contributed by atoms with Crippen molar-refractivity contribution in [3.8, 4) is 0 Å². The van der Waals surface area contributed by atoms with Crippen molar-refractivity contribution >= 4 is 5.91 Å². The number of carbonyl (C=O) groups excluding carboxylic acids is 1. The summed E-state index contributed by atoms with van der Waals surface area (Å²) < 4.78 is 5.51. The SMILES string of the molecule is CC1(CCc2ccccc2)NC=C(C(N)=O)O1. The van der Waals surface area contributed by atoms with Gasteiger partial charge in [-0.2, -0.15) is 0 Å². The van der Waals surface area contributed by atoms with E-state index in [9.17, 15) is 4.79 Å². The first-order valence-corrected chi connectivity index (χ1v) is 5.60. The summed E-state index contributed by atoms with van der Waals surface area (Å²) in [5.74, 6) is -0.346. The summed E-state index contributed by atoms with van der Waals surface area (Å²) in [6, 6.07) is 10.1. The Bertz CT molecular complexity index is 442. The third-order valence-corrected chi connectivity index (χ3v) is 2.82. The molecule has 2 rings (SSSR count). The highest BCUT2D eigenvalue weighted by atomic mass is 16.5. The van der Waals surface area contributed by atoms with Crippen LogP contribution in [0.2, 0.25) is 0 Å². The van der Waals surface area contributed by atoms with Gasteiger partial charge in [0.25, 0.3) is 5.91 Å². The predicted molar refractivity (Wildman–Crippen MR) is 64.7 cm³/mol. The Labute approximate surface area is 100 Å². The zero-order chi connectivity index (χ0) is 12.3. The fourth-order valence-electron chi connectivity index (χ4n) is 1.79. The lowest BCUT2D eigenvalue weighted by atomic mass is 10.0. The Morgan fingerprint density at radius 1 is 1.41 bits per heavy atom. The normalized spacial score (nSPS) is 22.5. The topological polar surface area (TPSA) is 64.3 Å². The van der Waals surface area contributed by atoms with E-state index in [1.165, 1.54) is 11.8 Å². The second-order valence-electron chi connectivity index (χ2n) is 4.34. The molecule has 0 radical (unpaired) electrons. The maximum absolute atomic E-state index is 11.0. The van der Waals surface area contributed by atoms with E-state index in [4.69, 9.17) is 10.5 Å². The molecule has 1 atom stereocenters. The molecule has 1 unspecified atom stereocenters. The molecule has 4 nitrogen and oxygen atoms in total. The van der Waals surface area contributed by atoms with Gasteiger partial charge in [0, 0.05) is 12.6 Å². The number of aryl methyl sites for hydroxylation is 1. The Morgan fingerprint density at radius 2 is 2.12 bits per heavy atom. The third-order valence-electron chi connectivity index (χ3n) is 2.82. The fourth-order valence-corrected chi connectivity index (χ4v) is 1.79. The van der Waals surface area contributed by atoms with Gasteiger partial charge in [-0.1, -0.05) is 30.3 Å². The minimum absolute atomic E-state index is 0.195. The number of carbonyl (C=O) groups is 1. The van der Waals surface area contributed by atoms with Crippen LogP contribution in [0.15, 0.2) is 42.3 Å². The quantitative estimate of drug-likeness (QED) is 0.822. The summed E-state index contributed by atoms with van der Waals surface area (Å²) in [7, 11) is 0. The van der Waals surface area contributed by atoms with E-state index in [0.717, 1.165) is 12.8 Å². The second-order valence-corrected chi connectivity index (χ2v) is 4.34. The molecular weight excluding hydrogens is 216 g/mol. The van der Waals surface area contributed by atoms with Crippen LogP contribution in [0, 0.1) is 0 Å². The maximum Gasteiger partial charge on any atom is 0.285 e. The zero-order valence-corrected chi connectivity index (χ0v) is 9.77. The Morgan fingerprint density at radius 3 is 2.71 bits per heavy atom. The first kappa shape index (κ1) is 11.5. The van der Waals surface area contributed by atoms with Gasteiger partial charge in [-0.05, 0) is 18.9 Å². The zero-order valence-electron chi connectivity index (χ0n) is 9.77. The van der Waals surface area contributed by atoms with E-state index in [0.29, 0.717) is 0 Å². The maximum atomic E-state index is 11.0. The highest BCUT2D eigenvalue weighted by molar-refractivity contribution is 5.90. The molecular formula is C13H16N2O2. The predicted octanol–water partition coefficient (Wildman–Crippen LogP) is 1.28. The summed E-state index contributed by atoms with van der Waals surface area (Å²) in [5.41, 5.74) is 5.85. The van der Waals surface area contributed by atoms with Crippen molar-refractivity contribution in [2.75, 3.05) is 0 Å². The molecule has 0 aliphatic carbocycles. The van der Waals surface area contributed by atoms with Gasteiger partial charge in [-0.3, -0.25) is 4.79 Å². The molecule has 4 heteroatoms. The lowest BCUT2D eigenvalue weighted by molar-refractivity contribution is -0.120. The molecule has 0 saturated heterocycles. The van der Waals surface area contributed by atoms with Gasteiger partial charge in [0.05, 0.1) is 0 Å². The molecule has 90 valence electrons. The van der Waals surface area contributed by atoms with E-state index >= 15 is 0 Å². The van der Waals surface area contributed by atoms with Gasteiger partial charge in [-0.15, -0.1) is 0 Å². The number of amides is 1. The lowest BCUT2D eigenvalue weighted by Gasteiger charge is -2.25. The van der Waals surface area contributed by atoms with Crippen LogP contribution in [0.1, 0.15) is 18.9 Å². The van der Waals surface area contributed by atoms with Crippen molar-refractivity contribution in [2.24, 2.45) is 5.73 Å². The summed E-state index contributed by atoms with van der Waals surface area (Å²) in [4.78, 5) is 11.0. The molecule has 1 aliphatic heterocycles. The first-order valence-electron chi connectivity index (χ1n) is 5.60. The molecule has 0 aromatic heterocycles. The largest absolute Gasteiger partial charge is 0.461 e. The summed E-state index contributed by atoms with van der Waals surface area (Å²) in [6.07, 6.45) is 3.18. The van der Waals surface area contributed by atoms with Gasteiger partial charge < -0.3 is 15.8 Å². The van der Waals surface area contributed by atoms with Crippen molar-refractivity contribution in [3.05, 3.63) is 47.9 Å². The van der Waals surface area contributed by atoms with Crippen LogP contribution >= 0.6 is 0 Å². The Kier molecular flexibility index (Phi) is 3.04. The third kappa shape index (κ3) is 2.78. The van der Waals surface area contributed by atoms with Crippen LogP contribution in [-0.2, 0) is 16.0 Å². The molecule has 0 bridgehead atoms. The van der Waals surface area contributed by atoms with Crippen molar-refractivity contribution < 1.29 is 9.53 Å². The highest BCUT2D eigenvalue weighted by Gasteiger charge is 2.32. The second kappa shape index (κ2) is 4.49. The molecule has 0 fully saturated rings. The Hall–Kier alpha value is -1.97. The number of hydrogen-bond acceptors (Lipinski definition) is 3. The van der Waals surface area contributed by atoms with Crippen molar-refractivity contribution in [1.82, 2.24) is 5.32 Å². The van der Waals surface area contributed by atoms with E-state index < -0.39 is 11.6 Å². The molecule has 1 heterocycles. The molecule has 0 spiro atoms. The molecule has 1 aromatic rings. The number of nitrogens with two attached hydrogens (primary N) is 1. The summed E-state index contributed by atoms with van der Waals surface area (Å²) in [6.45, 7) is 1.91. The van der Waals surface area contributed by atoms with Crippen LogP contribution in [0.3, 0.4) is 0 Å². The van der Waals surface area contributed by atoms with Crippen LogP contribution in [-0.4, -0.2) is 11.6 Å². The van der Waals surface area contributed by atoms with Crippen LogP contribution < -0.4 is 11.1 Å². The molecule has 1 aromatic carbocycles.